The molecule has 178 valence electrons. The average molecular weight is 450 g/mol. The van der Waals surface area contributed by atoms with Crippen molar-refractivity contribution in [2.24, 2.45) is 5.92 Å². The molecule has 1 aliphatic carbocycles. The van der Waals surface area contributed by atoms with Crippen molar-refractivity contribution in [3.8, 4) is 0 Å². The third kappa shape index (κ3) is 6.25. The summed E-state index contributed by atoms with van der Waals surface area (Å²) in [5.41, 5.74) is 3.74. The highest BCUT2D eigenvalue weighted by Gasteiger charge is 2.26. The quantitative estimate of drug-likeness (QED) is 0.638. The number of carbonyl (C=O) groups excluding carboxylic acids is 1. The lowest BCUT2D eigenvalue weighted by molar-refractivity contribution is -0.118. The topological polar surface area (TPSA) is 50.9 Å². The minimum absolute atomic E-state index is 0.0352. The van der Waals surface area contributed by atoms with Crippen molar-refractivity contribution in [3.63, 3.8) is 0 Å². The Labute approximate surface area is 198 Å². The first-order valence-electron chi connectivity index (χ1n) is 12.9. The van der Waals surface area contributed by atoms with Crippen LogP contribution in [0.15, 0.2) is 48.2 Å². The molecule has 1 saturated carbocycles. The molecule has 2 N–H and O–H groups in total. The summed E-state index contributed by atoms with van der Waals surface area (Å²) < 4.78 is 0. The van der Waals surface area contributed by atoms with E-state index in [0.717, 1.165) is 32.7 Å². The van der Waals surface area contributed by atoms with Gasteiger partial charge in [-0.1, -0.05) is 30.3 Å². The van der Waals surface area contributed by atoms with Crippen LogP contribution in [-0.4, -0.2) is 79.1 Å². The number of nitrogens with zero attached hydrogens (tertiary/aromatic N) is 3. The lowest BCUT2D eigenvalue weighted by Crippen LogP contribution is -2.49. The zero-order valence-corrected chi connectivity index (χ0v) is 19.8. The number of amides is 1. The van der Waals surface area contributed by atoms with Gasteiger partial charge in [0.1, 0.15) is 5.70 Å². The molecule has 1 saturated heterocycles. The molecule has 1 aromatic rings. The first kappa shape index (κ1) is 22.6. The van der Waals surface area contributed by atoms with Crippen LogP contribution in [0.3, 0.4) is 0 Å². The Kier molecular flexibility index (Phi) is 7.44. The van der Waals surface area contributed by atoms with Crippen LogP contribution in [0, 0.1) is 5.92 Å². The van der Waals surface area contributed by atoms with Gasteiger partial charge >= 0.3 is 0 Å². The fourth-order valence-corrected chi connectivity index (χ4v) is 5.28. The zero-order valence-electron chi connectivity index (χ0n) is 19.8. The monoisotopic (exact) mass is 449 g/mol. The zero-order chi connectivity index (χ0) is 22.5. The van der Waals surface area contributed by atoms with Gasteiger partial charge in [-0.25, -0.2) is 0 Å². The molecule has 0 aromatic heterocycles. The summed E-state index contributed by atoms with van der Waals surface area (Å²) in [5, 5.41) is 6.55. The number of dihydropyridines is 1. The number of rotatable bonds is 8. The maximum Gasteiger partial charge on any atom is 0.267 e. The van der Waals surface area contributed by atoms with E-state index in [-0.39, 0.29) is 12.1 Å². The van der Waals surface area contributed by atoms with Gasteiger partial charge in [-0.15, -0.1) is 0 Å². The van der Waals surface area contributed by atoms with E-state index in [1.807, 2.05) is 12.2 Å². The second-order valence-corrected chi connectivity index (χ2v) is 10.1. The highest BCUT2D eigenvalue weighted by molar-refractivity contribution is 5.93. The Hall–Kier alpha value is -2.15. The third-order valence-corrected chi connectivity index (χ3v) is 7.53. The van der Waals surface area contributed by atoms with E-state index in [1.54, 1.807) is 0 Å². The first-order valence-corrected chi connectivity index (χ1v) is 12.9. The Morgan fingerprint density at radius 1 is 1.00 bits per heavy atom. The Bertz CT molecular complexity index is 877. The fraction of sp³-hybridized carbons (Fsp3) is 0.593. The molecule has 2 fully saturated rings. The summed E-state index contributed by atoms with van der Waals surface area (Å²) in [6.45, 7) is 9.84. The van der Waals surface area contributed by atoms with E-state index in [1.165, 1.54) is 69.4 Å². The molecule has 1 unspecified atom stereocenters. The Morgan fingerprint density at radius 3 is 2.73 bits per heavy atom. The minimum Gasteiger partial charge on any atom is -0.362 e. The van der Waals surface area contributed by atoms with Crippen LogP contribution in [0.4, 0.5) is 0 Å². The van der Waals surface area contributed by atoms with E-state index in [4.69, 9.17) is 0 Å². The van der Waals surface area contributed by atoms with Crippen LogP contribution in [0.2, 0.25) is 0 Å². The van der Waals surface area contributed by atoms with Crippen LogP contribution >= 0.6 is 0 Å². The van der Waals surface area contributed by atoms with E-state index < -0.39 is 0 Å². The van der Waals surface area contributed by atoms with Gasteiger partial charge in [-0.2, -0.15) is 0 Å². The normalized spacial score (nSPS) is 24.5. The summed E-state index contributed by atoms with van der Waals surface area (Å²) in [6.07, 6.45) is 12.3. The number of nitrogens with one attached hydrogen (secondary N) is 2. The average Bonchev–Trinajstić information content (AvgIpc) is 3.70. The van der Waals surface area contributed by atoms with Gasteiger partial charge in [0, 0.05) is 39.3 Å². The number of carbonyl (C=O) groups is 1. The second kappa shape index (κ2) is 10.9. The molecule has 3 heterocycles. The number of benzene rings is 1. The van der Waals surface area contributed by atoms with E-state index in [9.17, 15) is 4.79 Å². The van der Waals surface area contributed by atoms with Gasteiger partial charge in [0.05, 0.1) is 6.17 Å². The maximum absolute atomic E-state index is 12.5. The summed E-state index contributed by atoms with van der Waals surface area (Å²) in [7, 11) is 0. The molecule has 1 atom stereocenters. The summed E-state index contributed by atoms with van der Waals surface area (Å²) in [5.74, 6) is 0.736. The smallest absolute Gasteiger partial charge is 0.267 e. The highest BCUT2D eigenvalue weighted by atomic mass is 16.2. The molecule has 0 spiro atoms. The molecular weight excluding hydrogens is 410 g/mol. The van der Waals surface area contributed by atoms with Gasteiger partial charge in [0.2, 0.25) is 0 Å². The SMILES string of the molecule is O=C(NCC1CC1)C1=CC=CC(N2CCCN(CCCN3CCc4ccccc4C3)CC2)N1. The van der Waals surface area contributed by atoms with Gasteiger partial charge in [0.15, 0.2) is 0 Å². The van der Waals surface area contributed by atoms with Crippen molar-refractivity contribution in [2.45, 2.75) is 44.8 Å². The predicted octanol–water partition coefficient (Wildman–Crippen LogP) is 2.34. The van der Waals surface area contributed by atoms with Gasteiger partial charge in [-0.05, 0) is 80.9 Å². The molecular formula is C27H39N5O. The van der Waals surface area contributed by atoms with Gasteiger partial charge in [-0.3, -0.25) is 14.6 Å². The van der Waals surface area contributed by atoms with E-state index >= 15 is 0 Å². The molecule has 1 amide bonds. The molecule has 4 aliphatic rings. The minimum atomic E-state index is 0.0352. The first-order chi connectivity index (χ1) is 16.2. The Morgan fingerprint density at radius 2 is 1.85 bits per heavy atom. The van der Waals surface area contributed by atoms with Crippen molar-refractivity contribution >= 4 is 5.91 Å². The van der Waals surface area contributed by atoms with Gasteiger partial charge in [0.25, 0.3) is 5.91 Å². The largest absolute Gasteiger partial charge is 0.362 e. The fourth-order valence-electron chi connectivity index (χ4n) is 5.28. The lowest BCUT2D eigenvalue weighted by Gasteiger charge is -2.32. The van der Waals surface area contributed by atoms with E-state index in [2.05, 4.69) is 55.7 Å². The highest BCUT2D eigenvalue weighted by Crippen LogP contribution is 2.27. The third-order valence-electron chi connectivity index (χ3n) is 7.53. The molecule has 33 heavy (non-hydrogen) atoms. The second-order valence-electron chi connectivity index (χ2n) is 10.1. The standard InChI is InChI=1S/C27H39N5O/c33-27(28-20-22-10-11-22)25-8-3-9-26(29-25)32-16-5-14-30(18-19-32)13-4-15-31-17-12-23-6-1-2-7-24(23)21-31/h1-3,6-9,22,26,29H,4-5,10-21H2,(H,28,33). The van der Waals surface area contributed by atoms with Crippen LogP contribution in [0.1, 0.15) is 36.8 Å². The lowest BCUT2D eigenvalue weighted by atomic mass is 10.00. The van der Waals surface area contributed by atoms with Crippen LogP contribution in [-0.2, 0) is 17.8 Å². The number of allylic oxidation sites excluding steroid dienone is 2. The molecule has 3 aliphatic heterocycles. The molecule has 0 bridgehead atoms. The van der Waals surface area contributed by atoms with Crippen LogP contribution in [0.5, 0.6) is 0 Å². The summed E-state index contributed by atoms with van der Waals surface area (Å²) in [4.78, 5) is 20.2. The molecule has 5 rings (SSSR count). The molecule has 0 radical (unpaired) electrons. The van der Waals surface area contributed by atoms with E-state index in [0.29, 0.717) is 11.6 Å². The van der Waals surface area contributed by atoms with Crippen molar-refractivity contribution in [1.29, 1.82) is 0 Å². The number of hydrogen-bond donors (Lipinski definition) is 2. The van der Waals surface area contributed by atoms with Crippen molar-refractivity contribution < 1.29 is 4.79 Å². The van der Waals surface area contributed by atoms with Crippen LogP contribution < -0.4 is 10.6 Å². The number of hydrogen-bond acceptors (Lipinski definition) is 5. The molecule has 6 heteroatoms. The summed E-state index contributed by atoms with van der Waals surface area (Å²) in [6, 6.07) is 8.90. The number of fused-ring (bicyclic) bond motifs is 1. The van der Waals surface area contributed by atoms with Crippen molar-refractivity contribution in [3.05, 3.63) is 59.3 Å². The van der Waals surface area contributed by atoms with Gasteiger partial charge < -0.3 is 15.5 Å². The van der Waals surface area contributed by atoms with Crippen molar-refractivity contribution in [2.75, 3.05) is 52.4 Å². The predicted molar refractivity (Wildman–Crippen MR) is 133 cm³/mol. The molecule has 1 aromatic carbocycles. The summed E-state index contributed by atoms with van der Waals surface area (Å²) >= 11 is 0. The Balaban J connectivity index is 1.03. The van der Waals surface area contributed by atoms with Crippen molar-refractivity contribution in [1.82, 2.24) is 25.3 Å². The van der Waals surface area contributed by atoms with Crippen LogP contribution in [0.25, 0.3) is 0 Å². The maximum atomic E-state index is 12.5. The molecule has 6 nitrogen and oxygen atoms in total.